The first-order chi connectivity index (χ1) is 5.98. The van der Waals surface area contributed by atoms with Crippen molar-refractivity contribution in [1.29, 1.82) is 0 Å². The van der Waals surface area contributed by atoms with Gasteiger partial charge < -0.3 is 14.6 Å². The number of aromatic hydroxyl groups is 1. The number of fused-ring (bicyclic) bond motifs is 1. The lowest BCUT2D eigenvalue weighted by Gasteiger charge is -2.04. The highest BCUT2D eigenvalue weighted by atomic mass is 19.3. The van der Waals surface area contributed by atoms with Crippen molar-refractivity contribution in [1.82, 2.24) is 0 Å². The third-order valence-corrected chi connectivity index (χ3v) is 1.44. The number of phenols is 1. The van der Waals surface area contributed by atoms with E-state index < -0.39 is 29.4 Å². The summed E-state index contributed by atoms with van der Waals surface area (Å²) in [4.78, 5) is 0. The molecule has 1 aromatic rings. The van der Waals surface area contributed by atoms with Gasteiger partial charge in [-0.15, -0.1) is 8.78 Å². The molecule has 1 heterocycles. The first-order valence-electron chi connectivity index (χ1n) is 3.26. The van der Waals surface area contributed by atoms with Gasteiger partial charge in [0.2, 0.25) is 5.75 Å². The molecule has 0 unspecified atom stereocenters. The van der Waals surface area contributed by atoms with Crippen molar-refractivity contribution in [3.8, 4) is 17.2 Å². The third-order valence-electron chi connectivity index (χ3n) is 1.44. The molecule has 1 aliphatic rings. The number of phenolic OH excluding ortho intramolecular Hbond substituents is 1. The van der Waals surface area contributed by atoms with Gasteiger partial charge in [0.25, 0.3) is 0 Å². The molecule has 1 N–H and O–H groups in total. The minimum Gasteiger partial charge on any atom is -0.508 e. The van der Waals surface area contributed by atoms with Crippen molar-refractivity contribution in [2.24, 2.45) is 0 Å². The number of benzene rings is 1. The minimum absolute atomic E-state index is 0.502. The SMILES string of the molecule is Oc1cc(F)c2c(c1)OC(F)(F)O2. The number of rotatable bonds is 0. The van der Waals surface area contributed by atoms with Crippen LogP contribution in [0.5, 0.6) is 17.2 Å². The molecule has 2 rings (SSSR count). The van der Waals surface area contributed by atoms with E-state index in [0.717, 1.165) is 6.07 Å². The zero-order valence-corrected chi connectivity index (χ0v) is 6.05. The summed E-state index contributed by atoms with van der Waals surface area (Å²) in [5.41, 5.74) is 0. The Bertz CT molecular complexity index is 364. The Hall–Kier alpha value is -1.59. The normalized spacial score (nSPS) is 17.5. The summed E-state index contributed by atoms with van der Waals surface area (Å²) >= 11 is 0. The van der Waals surface area contributed by atoms with Crippen molar-refractivity contribution in [3.63, 3.8) is 0 Å². The van der Waals surface area contributed by atoms with E-state index in [-0.39, 0.29) is 0 Å². The van der Waals surface area contributed by atoms with Crippen LogP contribution in [0.3, 0.4) is 0 Å². The maximum atomic E-state index is 12.8. The second-order valence-electron chi connectivity index (χ2n) is 2.42. The van der Waals surface area contributed by atoms with Crippen LogP contribution in [-0.2, 0) is 0 Å². The van der Waals surface area contributed by atoms with E-state index in [1.165, 1.54) is 0 Å². The Morgan fingerprint density at radius 3 is 2.62 bits per heavy atom. The minimum atomic E-state index is -3.86. The van der Waals surface area contributed by atoms with Crippen LogP contribution in [0.15, 0.2) is 12.1 Å². The smallest absolute Gasteiger partial charge is 0.508 e. The lowest BCUT2D eigenvalue weighted by Crippen LogP contribution is -2.26. The highest BCUT2D eigenvalue weighted by molar-refractivity contribution is 5.48. The van der Waals surface area contributed by atoms with Gasteiger partial charge in [-0.05, 0) is 0 Å². The van der Waals surface area contributed by atoms with Crippen molar-refractivity contribution in [3.05, 3.63) is 17.9 Å². The summed E-state index contributed by atoms with van der Waals surface area (Å²) in [5, 5.41) is 8.83. The van der Waals surface area contributed by atoms with Crippen LogP contribution in [0.2, 0.25) is 0 Å². The monoisotopic (exact) mass is 192 g/mol. The molecule has 0 saturated carbocycles. The van der Waals surface area contributed by atoms with Crippen LogP contribution in [-0.4, -0.2) is 11.4 Å². The molecule has 1 aromatic carbocycles. The molecule has 0 radical (unpaired) electrons. The average Bonchev–Trinajstić information content (AvgIpc) is 2.23. The molecule has 6 heteroatoms. The molecule has 3 nitrogen and oxygen atoms in total. The number of hydrogen-bond acceptors (Lipinski definition) is 3. The zero-order valence-electron chi connectivity index (χ0n) is 6.05. The molecule has 0 amide bonds. The first kappa shape index (κ1) is 8.03. The topological polar surface area (TPSA) is 38.7 Å². The summed E-state index contributed by atoms with van der Waals surface area (Å²) in [5.74, 6) is -2.80. The van der Waals surface area contributed by atoms with E-state index in [4.69, 9.17) is 5.11 Å². The molecule has 0 saturated heterocycles. The summed E-state index contributed by atoms with van der Waals surface area (Å²) in [6.45, 7) is 0. The number of ether oxygens (including phenoxy) is 2. The Morgan fingerprint density at radius 2 is 1.92 bits per heavy atom. The predicted octanol–water partition coefficient (Wildman–Crippen LogP) is 1.85. The molecular formula is C7H3F3O3. The highest BCUT2D eigenvalue weighted by Crippen LogP contribution is 2.44. The maximum absolute atomic E-state index is 12.8. The Labute approximate surface area is 70.3 Å². The highest BCUT2D eigenvalue weighted by Gasteiger charge is 2.45. The lowest BCUT2D eigenvalue weighted by atomic mass is 10.3. The predicted molar refractivity (Wildman–Crippen MR) is 34.3 cm³/mol. The standard InChI is InChI=1S/C7H3F3O3/c8-4-1-3(11)2-5-6(4)13-7(9,10)12-5/h1-2,11H. The lowest BCUT2D eigenvalue weighted by molar-refractivity contribution is -0.287. The largest absolute Gasteiger partial charge is 0.586 e. The van der Waals surface area contributed by atoms with E-state index in [0.29, 0.717) is 6.07 Å². The summed E-state index contributed by atoms with van der Waals surface area (Å²) in [7, 11) is 0. The molecule has 13 heavy (non-hydrogen) atoms. The van der Waals surface area contributed by atoms with E-state index in [1.807, 2.05) is 0 Å². The second kappa shape index (κ2) is 2.21. The molecule has 0 aliphatic carbocycles. The van der Waals surface area contributed by atoms with E-state index in [9.17, 15) is 13.2 Å². The quantitative estimate of drug-likeness (QED) is 0.681. The fraction of sp³-hybridized carbons (Fsp3) is 0.143. The van der Waals surface area contributed by atoms with Crippen molar-refractivity contribution in [2.45, 2.75) is 6.29 Å². The third kappa shape index (κ3) is 1.24. The molecule has 0 spiro atoms. The molecule has 70 valence electrons. The van der Waals surface area contributed by atoms with Crippen molar-refractivity contribution in [2.75, 3.05) is 0 Å². The fourth-order valence-corrected chi connectivity index (χ4v) is 0.997. The van der Waals surface area contributed by atoms with Gasteiger partial charge in [-0.2, -0.15) is 0 Å². The number of alkyl halides is 2. The van der Waals surface area contributed by atoms with Crippen LogP contribution in [0.25, 0.3) is 0 Å². The Balaban J connectivity index is 2.52. The molecule has 0 aromatic heterocycles. The number of halogens is 3. The molecule has 1 aliphatic heterocycles. The van der Waals surface area contributed by atoms with Gasteiger partial charge in [0.15, 0.2) is 11.6 Å². The van der Waals surface area contributed by atoms with Crippen LogP contribution in [0, 0.1) is 5.82 Å². The first-order valence-corrected chi connectivity index (χ1v) is 3.26. The molecule has 0 fully saturated rings. The van der Waals surface area contributed by atoms with Crippen LogP contribution >= 0.6 is 0 Å². The zero-order chi connectivity index (χ0) is 9.64. The van der Waals surface area contributed by atoms with Crippen molar-refractivity contribution >= 4 is 0 Å². The van der Waals surface area contributed by atoms with Gasteiger partial charge in [-0.1, -0.05) is 0 Å². The molecule has 0 atom stereocenters. The van der Waals surface area contributed by atoms with Crippen molar-refractivity contribution < 1.29 is 27.8 Å². The van der Waals surface area contributed by atoms with E-state index >= 15 is 0 Å². The van der Waals surface area contributed by atoms with E-state index in [2.05, 4.69) is 9.47 Å². The van der Waals surface area contributed by atoms with Gasteiger partial charge in [0, 0.05) is 12.1 Å². The van der Waals surface area contributed by atoms with Crippen LogP contribution < -0.4 is 9.47 Å². The van der Waals surface area contributed by atoms with Crippen LogP contribution in [0.1, 0.15) is 0 Å². The fourth-order valence-electron chi connectivity index (χ4n) is 0.997. The average molecular weight is 192 g/mol. The maximum Gasteiger partial charge on any atom is 0.586 e. The number of hydrogen-bond donors (Lipinski definition) is 1. The van der Waals surface area contributed by atoms with Gasteiger partial charge in [-0.25, -0.2) is 4.39 Å². The van der Waals surface area contributed by atoms with E-state index in [1.54, 1.807) is 0 Å². The Kier molecular flexibility index (Phi) is 1.37. The molecular weight excluding hydrogens is 189 g/mol. The second-order valence-corrected chi connectivity index (χ2v) is 2.42. The van der Waals surface area contributed by atoms with Gasteiger partial charge in [0.1, 0.15) is 5.75 Å². The van der Waals surface area contributed by atoms with Gasteiger partial charge in [0.05, 0.1) is 0 Å². The summed E-state index contributed by atoms with van der Waals surface area (Å²) in [6, 6.07) is 1.50. The summed E-state index contributed by atoms with van der Waals surface area (Å²) < 4.78 is 45.2. The molecule has 0 bridgehead atoms. The van der Waals surface area contributed by atoms with Crippen LogP contribution in [0.4, 0.5) is 13.2 Å². The summed E-state index contributed by atoms with van der Waals surface area (Å²) in [6.07, 6.45) is -3.86. The van der Waals surface area contributed by atoms with Gasteiger partial charge >= 0.3 is 6.29 Å². The van der Waals surface area contributed by atoms with Gasteiger partial charge in [-0.3, -0.25) is 0 Å². The Morgan fingerprint density at radius 1 is 1.23 bits per heavy atom.